The van der Waals surface area contributed by atoms with Crippen molar-refractivity contribution in [2.75, 3.05) is 20.3 Å². The van der Waals surface area contributed by atoms with E-state index in [2.05, 4.69) is 14.2 Å². The summed E-state index contributed by atoms with van der Waals surface area (Å²) < 4.78 is 13.1. The van der Waals surface area contributed by atoms with Crippen molar-refractivity contribution < 1.29 is 28.9 Å². The van der Waals surface area contributed by atoms with Crippen LogP contribution in [-0.4, -0.2) is 43.2 Å². The number of carbonyl (C=O) groups is 2. The van der Waals surface area contributed by atoms with Crippen molar-refractivity contribution in [3.05, 3.63) is 0 Å². The summed E-state index contributed by atoms with van der Waals surface area (Å²) in [4.78, 5) is 21.4. The molecule has 1 heterocycles. The Bertz CT molecular complexity index is 212. The molecule has 1 aliphatic rings. The molecule has 0 spiro atoms. The molecule has 12 heavy (non-hydrogen) atoms. The lowest BCUT2D eigenvalue weighted by Crippen LogP contribution is -2.45. The summed E-state index contributed by atoms with van der Waals surface area (Å²) in [5.74, 6) is -0.823. The fourth-order valence-electron chi connectivity index (χ4n) is 0.823. The third-order valence-corrected chi connectivity index (χ3v) is 1.51. The highest BCUT2D eigenvalue weighted by atomic mass is 16.8. The van der Waals surface area contributed by atoms with Crippen LogP contribution in [0.2, 0.25) is 0 Å². The van der Waals surface area contributed by atoms with Crippen LogP contribution in [0.1, 0.15) is 0 Å². The fraction of sp³-hybridized carbons (Fsp3) is 0.667. The van der Waals surface area contributed by atoms with E-state index < -0.39 is 24.3 Å². The summed E-state index contributed by atoms with van der Waals surface area (Å²) in [7, 11) is 1.13. The summed E-state index contributed by atoms with van der Waals surface area (Å²) in [6.45, 7) is -0.958. The number of aliphatic hydroxyl groups excluding tert-OH is 1. The third kappa shape index (κ3) is 1.20. The molecule has 1 unspecified atom stereocenters. The number of cyclic esters (lactones) is 2. The molecule has 0 aromatic carbocycles. The molecular formula is C6H8O6. The molecule has 0 bridgehead atoms. The first-order valence-corrected chi connectivity index (χ1v) is 3.20. The highest BCUT2D eigenvalue weighted by Crippen LogP contribution is 2.20. The molecule has 0 aliphatic carbocycles. The van der Waals surface area contributed by atoms with Gasteiger partial charge < -0.3 is 19.3 Å². The van der Waals surface area contributed by atoms with Crippen molar-refractivity contribution in [2.24, 2.45) is 0 Å². The number of carbonyl (C=O) groups excluding carboxylic acids is 2. The summed E-state index contributed by atoms with van der Waals surface area (Å²) in [5.41, 5.74) is -1.66. The van der Waals surface area contributed by atoms with Gasteiger partial charge in [0.2, 0.25) is 0 Å². The fourth-order valence-corrected chi connectivity index (χ4v) is 0.823. The highest BCUT2D eigenvalue weighted by Gasteiger charge is 2.50. The van der Waals surface area contributed by atoms with E-state index in [9.17, 15) is 9.59 Å². The Kier molecular flexibility index (Phi) is 2.18. The molecule has 1 atom stereocenters. The SMILES string of the molecule is COC(=O)C1(CO)COC(=O)O1. The Morgan fingerprint density at radius 3 is 2.83 bits per heavy atom. The van der Waals surface area contributed by atoms with Crippen LogP contribution in [0, 0.1) is 0 Å². The Morgan fingerprint density at radius 1 is 1.83 bits per heavy atom. The van der Waals surface area contributed by atoms with Gasteiger partial charge in [-0.15, -0.1) is 0 Å². The number of hydrogen-bond donors (Lipinski definition) is 1. The van der Waals surface area contributed by atoms with Crippen LogP contribution in [0.4, 0.5) is 4.79 Å². The van der Waals surface area contributed by atoms with Gasteiger partial charge in [-0.2, -0.15) is 0 Å². The second-order valence-electron chi connectivity index (χ2n) is 2.28. The number of methoxy groups -OCH3 is 1. The molecule has 0 aromatic rings. The van der Waals surface area contributed by atoms with Gasteiger partial charge in [0.15, 0.2) is 0 Å². The minimum atomic E-state index is -1.66. The summed E-state index contributed by atoms with van der Waals surface area (Å²) >= 11 is 0. The van der Waals surface area contributed by atoms with Gasteiger partial charge in [-0.1, -0.05) is 0 Å². The Balaban J connectivity index is 2.77. The summed E-state index contributed by atoms with van der Waals surface area (Å²) in [6.07, 6.45) is -0.977. The van der Waals surface area contributed by atoms with Crippen LogP contribution in [-0.2, 0) is 19.0 Å². The van der Waals surface area contributed by atoms with Gasteiger partial charge in [0, 0.05) is 0 Å². The standard InChI is InChI=1S/C6H8O6/c1-10-4(8)6(2-7)3-11-5(9)12-6/h7H,2-3H2,1H3. The molecule has 68 valence electrons. The van der Waals surface area contributed by atoms with Crippen LogP contribution in [0.5, 0.6) is 0 Å². The predicted molar refractivity (Wildman–Crippen MR) is 34.3 cm³/mol. The number of esters is 1. The minimum Gasteiger partial charge on any atom is -0.466 e. The average Bonchev–Trinajstić information content (AvgIpc) is 2.47. The Labute approximate surface area is 68.0 Å². The van der Waals surface area contributed by atoms with Crippen LogP contribution in [0.15, 0.2) is 0 Å². The maximum Gasteiger partial charge on any atom is 0.509 e. The molecule has 1 N–H and O–H groups in total. The molecule has 0 amide bonds. The van der Waals surface area contributed by atoms with Crippen LogP contribution >= 0.6 is 0 Å². The minimum absolute atomic E-state index is 0.311. The normalized spacial score (nSPS) is 27.7. The second-order valence-corrected chi connectivity index (χ2v) is 2.28. The zero-order valence-corrected chi connectivity index (χ0v) is 6.40. The molecule has 0 radical (unpaired) electrons. The van der Waals surface area contributed by atoms with Crippen molar-refractivity contribution in [1.29, 1.82) is 0 Å². The van der Waals surface area contributed by atoms with E-state index >= 15 is 0 Å². The number of rotatable bonds is 2. The van der Waals surface area contributed by atoms with Gasteiger partial charge in [0.25, 0.3) is 5.60 Å². The maximum absolute atomic E-state index is 11.0. The quantitative estimate of drug-likeness (QED) is 0.546. The Hall–Kier alpha value is -1.30. The predicted octanol–water partition coefficient (Wildman–Crippen LogP) is -0.943. The first-order chi connectivity index (χ1) is 5.64. The molecule has 1 saturated heterocycles. The first-order valence-electron chi connectivity index (χ1n) is 3.20. The lowest BCUT2D eigenvalue weighted by atomic mass is 10.1. The van der Waals surface area contributed by atoms with Crippen molar-refractivity contribution in [3.8, 4) is 0 Å². The number of ether oxygens (including phenoxy) is 3. The van der Waals surface area contributed by atoms with E-state index in [-0.39, 0.29) is 6.61 Å². The van der Waals surface area contributed by atoms with Gasteiger partial charge in [0.1, 0.15) is 6.61 Å². The topological polar surface area (TPSA) is 82.1 Å². The lowest BCUT2D eigenvalue weighted by Gasteiger charge is -2.18. The van der Waals surface area contributed by atoms with E-state index in [1.165, 1.54) is 0 Å². The van der Waals surface area contributed by atoms with Crippen molar-refractivity contribution in [3.63, 3.8) is 0 Å². The monoisotopic (exact) mass is 176 g/mol. The van der Waals surface area contributed by atoms with Crippen LogP contribution in [0.3, 0.4) is 0 Å². The van der Waals surface area contributed by atoms with Crippen LogP contribution in [0.25, 0.3) is 0 Å². The van der Waals surface area contributed by atoms with E-state index in [0.29, 0.717) is 0 Å². The highest BCUT2D eigenvalue weighted by molar-refractivity contribution is 5.84. The van der Waals surface area contributed by atoms with Crippen molar-refractivity contribution in [2.45, 2.75) is 5.60 Å². The first kappa shape index (κ1) is 8.79. The molecular weight excluding hydrogens is 168 g/mol. The van der Waals surface area contributed by atoms with Gasteiger partial charge in [0.05, 0.1) is 13.7 Å². The third-order valence-electron chi connectivity index (χ3n) is 1.51. The second kappa shape index (κ2) is 2.98. The van der Waals surface area contributed by atoms with Crippen molar-refractivity contribution in [1.82, 2.24) is 0 Å². The van der Waals surface area contributed by atoms with Gasteiger partial charge in [-0.05, 0) is 0 Å². The summed E-state index contributed by atoms with van der Waals surface area (Å²) in [5, 5.41) is 8.78. The number of hydrogen-bond acceptors (Lipinski definition) is 6. The number of aliphatic hydroxyl groups is 1. The Morgan fingerprint density at radius 2 is 2.50 bits per heavy atom. The van der Waals surface area contributed by atoms with E-state index in [1.807, 2.05) is 0 Å². The molecule has 1 fully saturated rings. The molecule has 1 aliphatic heterocycles. The van der Waals surface area contributed by atoms with Crippen molar-refractivity contribution >= 4 is 12.1 Å². The molecule has 0 saturated carbocycles. The molecule has 6 nitrogen and oxygen atoms in total. The zero-order valence-electron chi connectivity index (χ0n) is 6.40. The average molecular weight is 176 g/mol. The van der Waals surface area contributed by atoms with Crippen LogP contribution < -0.4 is 0 Å². The van der Waals surface area contributed by atoms with E-state index in [4.69, 9.17) is 5.11 Å². The molecule has 6 heteroatoms. The lowest BCUT2D eigenvalue weighted by molar-refractivity contribution is -0.162. The largest absolute Gasteiger partial charge is 0.509 e. The van der Waals surface area contributed by atoms with E-state index in [0.717, 1.165) is 7.11 Å². The zero-order chi connectivity index (χ0) is 9.19. The van der Waals surface area contributed by atoms with E-state index in [1.54, 1.807) is 0 Å². The smallest absolute Gasteiger partial charge is 0.466 e. The molecule has 1 rings (SSSR count). The summed E-state index contributed by atoms with van der Waals surface area (Å²) in [6, 6.07) is 0. The van der Waals surface area contributed by atoms with Gasteiger partial charge >= 0.3 is 12.1 Å². The van der Waals surface area contributed by atoms with Gasteiger partial charge in [-0.25, -0.2) is 9.59 Å². The van der Waals surface area contributed by atoms with Gasteiger partial charge in [-0.3, -0.25) is 0 Å². The molecule has 0 aromatic heterocycles. The maximum atomic E-state index is 11.0.